The maximum absolute atomic E-state index is 2.37. The Balaban J connectivity index is 1.15. The van der Waals surface area contributed by atoms with Crippen molar-refractivity contribution in [2.24, 2.45) is 0 Å². The van der Waals surface area contributed by atoms with Gasteiger partial charge >= 0.3 is 0 Å². The fraction of sp³-hybridized carbons (Fsp3) is 0.0270. The summed E-state index contributed by atoms with van der Waals surface area (Å²) in [6, 6.07) is 43.9. The zero-order valence-corrected chi connectivity index (χ0v) is 21.4. The van der Waals surface area contributed by atoms with Gasteiger partial charge in [0.1, 0.15) is 0 Å². The predicted molar refractivity (Wildman–Crippen MR) is 164 cm³/mol. The van der Waals surface area contributed by atoms with E-state index in [1.165, 1.54) is 61.3 Å². The van der Waals surface area contributed by atoms with Gasteiger partial charge in [0.05, 0.1) is 16.7 Å². The van der Waals surface area contributed by atoms with Crippen LogP contribution >= 0.6 is 0 Å². The molecule has 39 heavy (non-hydrogen) atoms. The molecular weight excluding hydrogens is 472 g/mol. The molecule has 184 valence electrons. The van der Waals surface area contributed by atoms with Gasteiger partial charge in [0.2, 0.25) is 0 Å². The molecular formula is C37H26N2. The van der Waals surface area contributed by atoms with E-state index in [4.69, 9.17) is 0 Å². The molecule has 1 aliphatic carbocycles. The van der Waals surface area contributed by atoms with Crippen LogP contribution in [0.25, 0.3) is 38.6 Å². The molecule has 2 heteroatoms. The van der Waals surface area contributed by atoms with Gasteiger partial charge < -0.3 is 9.47 Å². The summed E-state index contributed by atoms with van der Waals surface area (Å²) in [4.78, 5) is 2.37. The molecule has 2 bridgehead atoms. The smallest absolute Gasteiger partial charge is 0.0541 e. The lowest BCUT2D eigenvalue weighted by atomic mass is 9.91. The van der Waals surface area contributed by atoms with E-state index in [-0.39, 0.29) is 0 Å². The summed E-state index contributed by atoms with van der Waals surface area (Å²) < 4.78 is 2.36. The number of rotatable bonds is 3. The van der Waals surface area contributed by atoms with Gasteiger partial charge in [-0.05, 0) is 71.3 Å². The SMILES string of the molecule is C1=CC2=CC(C=C1)c1ccccc1N2c1ccc(-c2ccc(-n3c4ccccc4c4ccccc43)cc2)cc1. The Labute approximate surface area is 228 Å². The normalized spacial score (nSPS) is 15.8. The highest BCUT2D eigenvalue weighted by molar-refractivity contribution is 6.09. The Morgan fingerprint density at radius 3 is 1.79 bits per heavy atom. The molecule has 0 saturated carbocycles. The zero-order valence-electron chi connectivity index (χ0n) is 21.4. The molecule has 1 aromatic heterocycles. The highest BCUT2D eigenvalue weighted by Gasteiger charge is 2.25. The highest BCUT2D eigenvalue weighted by atomic mass is 15.2. The summed E-state index contributed by atoms with van der Waals surface area (Å²) in [5.41, 5.74) is 11.0. The van der Waals surface area contributed by atoms with Gasteiger partial charge in [-0.15, -0.1) is 0 Å². The molecule has 5 aromatic carbocycles. The van der Waals surface area contributed by atoms with Gasteiger partial charge in [-0.1, -0.05) is 97.1 Å². The number of benzene rings is 5. The van der Waals surface area contributed by atoms with E-state index in [0.29, 0.717) is 5.92 Å². The molecule has 1 aliphatic heterocycles. The second-order valence-corrected chi connectivity index (χ2v) is 10.2. The Morgan fingerprint density at radius 1 is 0.513 bits per heavy atom. The van der Waals surface area contributed by atoms with Gasteiger partial charge in [0, 0.05) is 33.8 Å². The van der Waals surface area contributed by atoms with Crippen LogP contribution in [0.5, 0.6) is 0 Å². The quantitative estimate of drug-likeness (QED) is 0.236. The minimum atomic E-state index is 0.315. The first-order valence-electron chi connectivity index (χ1n) is 13.5. The van der Waals surface area contributed by atoms with E-state index < -0.39 is 0 Å². The molecule has 0 radical (unpaired) electrons. The van der Waals surface area contributed by atoms with E-state index in [2.05, 4.69) is 161 Å². The Bertz CT molecular complexity index is 1900. The first-order chi connectivity index (χ1) is 19.3. The van der Waals surface area contributed by atoms with Gasteiger partial charge in [0.25, 0.3) is 0 Å². The molecule has 1 unspecified atom stereocenters. The van der Waals surface area contributed by atoms with Crippen LogP contribution in [-0.4, -0.2) is 4.57 Å². The number of nitrogens with zero attached hydrogens (tertiary/aromatic N) is 2. The van der Waals surface area contributed by atoms with Crippen LogP contribution in [0, 0.1) is 0 Å². The number of allylic oxidation sites excluding steroid dienone is 5. The number of para-hydroxylation sites is 3. The zero-order chi connectivity index (χ0) is 25.8. The van der Waals surface area contributed by atoms with Crippen LogP contribution < -0.4 is 4.90 Å². The van der Waals surface area contributed by atoms with E-state index in [1.807, 2.05) is 0 Å². The molecule has 0 N–H and O–H groups in total. The fourth-order valence-electron chi connectivity index (χ4n) is 6.18. The van der Waals surface area contributed by atoms with Crippen LogP contribution in [0.4, 0.5) is 11.4 Å². The van der Waals surface area contributed by atoms with Crippen LogP contribution in [0.1, 0.15) is 11.5 Å². The van der Waals surface area contributed by atoms with Crippen molar-refractivity contribution in [3.63, 3.8) is 0 Å². The molecule has 2 nitrogen and oxygen atoms in total. The molecule has 6 aromatic rings. The largest absolute Gasteiger partial charge is 0.310 e. The van der Waals surface area contributed by atoms with Gasteiger partial charge in [-0.25, -0.2) is 0 Å². The highest BCUT2D eigenvalue weighted by Crippen LogP contribution is 2.43. The average molecular weight is 499 g/mol. The number of fused-ring (bicyclic) bond motifs is 6. The molecule has 2 heterocycles. The van der Waals surface area contributed by atoms with Crippen molar-refractivity contribution in [3.05, 3.63) is 163 Å². The monoisotopic (exact) mass is 498 g/mol. The van der Waals surface area contributed by atoms with Gasteiger partial charge in [-0.2, -0.15) is 0 Å². The van der Waals surface area contributed by atoms with Crippen molar-refractivity contribution in [3.8, 4) is 16.8 Å². The third-order valence-electron chi connectivity index (χ3n) is 8.01. The number of hydrogen-bond acceptors (Lipinski definition) is 1. The predicted octanol–water partition coefficient (Wildman–Crippen LogP) is 9.70. The van der Waals surface area contributed by atoms with Crippen LogP contribution in [-0.2, 0) is 0 Å². The first kappa shape index (κ1) is 22.0. The Kier molecular flexibility index (Phi) is 4.92. The number of anilines is 2. The fourth-order valence-corrected chi connectivity index (χ4v) is 6.18. The third kappa shape index (κ3) is 3.49. The van der Waals surface area contributed by atoms with Crippen molar-refractivity contribution < 1.29 is 0 Å². The van der Waals surface area contributed by atoms with Gasteiger partial charge in [0.15, 0.2) is 0 Å². The molecule has 8 rings (SSSR count). The topological polar surface area (TPSA) is 8.17 Å². The summed E-state index contributed by atoms with van der Waals surface area (Å²) in [7, 11) is 0. The minimum absolute atomic E-state index is 0.315. The van der Waals surface area contributed by atoms with Crippen LogP contribution in [0.2, 0.25) is 0 Å². The Hall–Kier alpha value is -5.08. The summed E-state index contributed by atoms with van der Waals surface area (Å²) >= 11 is 0. The molecule has 0 amide bonds. The van der Waals surface area contributed by atoms with Crippen LogP contribution in [0.15, 0.2) is 157 Å². The summed E-state index contributed by atoms with van der Waals surface area (Å²) in [5.74, 6) is 0.315. The lowest BCUT2D eigenvalue weighted by Crippen LogP contribution is -2.21. The van der Waals surface area contributed by atoms with Crippen molar-refractivity contribution in [1.82, 2.24) is 4.57 Å². The van der Waals surface area contributed by atoms with E-state index in [1.54, 1.807) is 0 Å². The standard InChI is InChI=1S/C37H26N2/c1-2-10-31-25-28(9-1)32-11-3-6-14-35(32)38(31)29-21-17-26(18-22-29)27-19-23-30(24-20-27)39-36-15-7-4-12-33(36)34-13-5-8-16-37(34)39/h1-25,28H. The van der Waals surface area contributed by atoms with E-state index >= 15 is 0 Å². The van der Waals surface area contributed by atoms with E-state index in [9.17, 15) is 0 Å². The minimum Gasteiger partial charge on any atom is -0.310 e. The molecule has 0 saturated heterocycles. The summed E-state index contributed by atoms with van der Waals surface area (Å²) in [5, 5.41) is 2.57. The maximum Gasteiger partial charge on any atom is 0.0541 e. The lowest BCUT2D eigenvalue weighted by Gasteiger charge is -2.33. The van der Waals surface area contributed by atoms with Gasteiger partial charge in [-0.3, -0.25) is 0 Å². The summed E-state index contributed by atoms with van der Waals surface area (Å²) in [6.07, 6.45) is 11.1. The first-order valence-corrected chi connectivity index (χ1v) is 13.5. The van der Waals surface area contributed by atoms with Crippen molar-refractivity contribution >= 4 is 33.2 Å². The average Bonchev–Trinajstić information content (AvgIpc) is 3.19. The van der Waals surface area contributed by atoms with Crippen molar-refractivity contribution in [1.29, 1.82) is 0 Å². The summed E-state index contributed by atoms with van der Waals surface area (Å²) in [6.45, 7) is 0. The van der Waals surface area contributed by atoms with Crippen molar-refractivity contribution in [2.75, 3.05) is 4.90 Å². The lowest BCUT2D eigenvalue weighted by molar-refractivity contribution is 0.998. The third-order valence-corrected chi connectivity index (χ3v) is 8.01. The number of aromatic nitrogens is 1. The maximum atomic E-state index is 2.37. The Morgan fingerprint density at radius 2 is 1.10 bits per heavy atom. The van der Waals surface area contributed by atoms with Crippen molar-refractivity contribution in [2.45, 2.75) is 5.92 Å². The molecule has 2 aliphatic rings. The second kappa shape index (κ2) is 8.75. The second-order valence-electron chi connectivity index (χ2n) is 10.2. The van der Waals surface area contributed by atoms with E-state index in [0.717, 1.165) is 0 Å². The molecule has 0 spiro atoms. The molecule has 1 atom stereocenters. The molecule has 0 fully saturated rings. The number of hydrogen-bond donors (Lipinski definition) is 0. The van der Waals surface area contributed by atoms with Crippen LogP contribution in [0.3, 0.4) is 0 Å².